The Morgan fingerprint density at radius 3 is 2.35 bits per heavy atom. The summed E-state index contributed by atoms with van der Waals surface area (Å²) in [6, 6.07) is 5.87. The number of hydrogen-bond acceptors (Lipinski definition) is 3. The Balaban J connectivity index is 2.54. The summed E-state index contributed by atoms with van der Waals surface area (Å²) < 4.78 is 0. The van der Waals surface area contributed by atoms with Gasteiger partial charge in [-0.15, -0.1) is 0 Å². The van der Waals surface area contributed by atoms with Crippen molar-refractivity contribution in [2.24, 2.45) is 0 Å². The molecule has 1 aromatic rings. The van der Waals surface area contributed by atoms with Crippen molar-refractivity contribution in [3.05, 3.63) is 24.3 Å². The molecule has 5 heteroatoms. The molecule has 0 fully saturated rings. The molecule has 0 aliphatic heterocycles. The van der Waals surface area contributed by atoms with E-state index in [0.717, 1.165) is 6.42 Å². The summed E-state index contributed by atoms with van der Waals surface area (Å²) >= 11 is 0. The molecule has 0 aliphatic carbocycles. The van der Waals surface area contributed by atoms with Crippen LogP contribution in [0.4, 0.5) is 5.69 Å². The van der Waals surface area contributed by atoms with Crippen molar-refractivity contribution >= 4 is 17.5 Å². The van der Waals surface area contributed by atoms with Crippen LogP contribution in [0.5, 0.6) is 5.75 Å². The highest BCUT2D eigenvalue weighted by molar-refractivity contribution is 6.39. The quantitative estimate of drug-likeness (QED) is 0.546. The summed E-state index contributed by atoms with van der Waals surface area (Å²) in [6.45, 7) is 3.74. The van der Waals surface area contributed by atoms with E-state index in [4.69, 9.17) is 5.11 Å². The Morgan fingerprint density at radius 1 is 1.24 bits per heavy atom. The Hall–Kier alpha value is -2.04. The lowest BCUT2D eigenvalue weighted by Gasteiger charge is -2.11. The van der Waals surface area contributed by atoms with Crippen LogP contribution < -0.4 is 10.6 Å². The van der Waals surface area contributed by atoms with Crippen molar-refractivity contribution in [1.82, 2.24) is 5.32 Å². The van der Waals surface area contributed by atoms with Gasteiger partial charge in [0, 0.05) is 11.7 Å². The van der Waals surface area contributed by atoms with Gasteiger partial charge in [0.2, 0.25) is 0 Å². The number of hydrogen-bond donors (Lipinski definition) is 3. The van der Waals surface area contributed by atoms with Gasteiger partial charge < -0.3 is 15.7 Å². The first kappa shape index (κ1) is 13.0. The van der Waals surface area contributed by atoms with Gasteiger partial charge in [-0.05, 0) is 37.6 Å². The van der Waals surface area contributed by atoms with Gasteiger partial charge in [0.05, 0.1) is 0 Å². The van der Waals surface area contributed by atoms with E-state index in [1.165, 1.54) is 24.3 Å². The van der Waals surface area contributed by atoms with Crippen LogP contribution in [0, 0.1) is 0 Å². The van der Waals surface area contributed by atoms with Crippen LogP contribution in [-0.4, -0.2) is 23.0 Å². The first-order valence-electron chi connectivity index (χ1n) is 5.43. The third-order valence-corrected chi connectivity index (χ3v) is 2.32. The van der Waals surface area contributed by atoms with Crippen molar-refractivity contribution < 1.29 is 14.7 Å². The highest BCUT2D eigenvalue weighted by atomic mass is 16.3. The number of phenols is 1. The molecule has 1 aromatic carbocycles. The lowest BCUT2D eigenvalue weighted by Crippen LogP contribution is -2.40. The molecule has 5 nitrogen and oxygen atoms in total. The first-order chi connectivity index (χ1) is 8.02. The van der Waals surface area contributed by atoms with Crippen molar-refractivity contribution in [3.8, 4) is 5.75 Å². The van der Waals surface area contributed by atoms with Gasteiger partial charge >= 0.3 is 11.8 Å². The number of amides is 2. The number of phenolic OH excluding ortho intramolecular Hbond substituents is 1. The molecular weight excluding hydrogens is 220 g/mol. The molecule has 1 unspecified atom stereocenters. The van der Waals surface area contributed by atoms with Crippen LogP contribution in [0.3, 0.4) is 0 Å². The van der Waals surface area contributed by atoms with E-state index in [1.54, 1.807) is 0 Å². The lowest BCUT2D eigenvalue weighted by atomic mass is 10.2. The minimum atomic E-state index is -0.712. The van der Waals surface area contributed by atoms with Crippen LogP contribution in [0.1, 0.15) is 20.3 Å². The van der Waals surface area contributed by atoms with E-state index >= 15 is 0 Å². The maximum Gasteiger partial charge on any atom is 0.313 e. The Kier molecular flexibility index (Phi) is 4.51. The summed E-state index contributed by atoms with van der Waals surface area (Å²) in [5.74, 6) is -1.27. The first-order valence-corrected chi connectivity index (χ1v) is 5.43. The number of aromatic hydroxyl groups is 1. The molecule has 0 radical (unpaired) electrons. The molecule has 3 N–H and O–H groups in total. The number of nitrogens with one attached hydrogen (secondary N) is 2. The van der Waals surface area contributed by atoms with Crippen molar-refractivity contribution in [1.29, 1.82) is 0 Å². The van der Waals surface area contributed by atoms with Crippen LogP contribution in [0.2, 0.25) is 0 Å². The van der Waals surface area contributed by atoms with Gasteiger partial charge in [0.1, 0.15) is 5.75 Å². The third kappa shape index (κ3) is 4.14. The Bertz CT molecular complexity index is 401. The van der Waals surface area contributed by atoms with Gasteiger partial charge in [-0.3, -0.25) is 9.59 Å². The summed E-state index contributed by atoms with van der Waals surface area (Å²) in [7, 11) is 0. The standard InChI is InChI=1S/C12H16N2O3/c1-3-8(2)13-11(16)12(17)14-9-4-6-10(15)7-5-9/h4-8,15H,3H2,1-2H3,(H,13,16)(H,14,17). The molecule has 17 heavy (non-hydrogen) atoms. The molecule has 0 spiro atoms. The zero-order valence-electron chi connectivity index (χ0n) is 9.86. The van der Waals surface area contributed by atoms with Crippen LogP contribution in [0.15, 0.2) is 24.3 Å². The van der Waals surface area contributed by atoms with Crippen molar-refractivity contribution in [2.45, 2.75) is 26.3 Å². The number of carbonyl (C=O) groups is 2. The summed E-state index contributed by atoms with van der Waals surface area (Å²) in [5.41, 5.74) is 0.465. The topological polar surface area (TPSA) is 78.4 Å². The van der Waals surface area contributed by atoms with Crippen molar-refractivity contribution in [2.75, 3.05) is 5.32 Å². The molecule has 0 saturated heterocycles. The maximum absolute atomic E-state index is 11.5. The Morgan fingerprint density at radius 2 is 1.82 bits per heavy atom. The van der Waals surface area contributed by atoms with Gasteiger partial charge in [0.25, 0.3) is 0 Å². The smallest absolute Gasteiger partial charge is 0.313 e. The molecular formula is C12H16N2O3. The zero-order chi connectivity index (χ0) is 12.8. The van der Waals surface area contributed by atoms with Crippen LogP contribution in [0.25, 0.3) is 0 Å². The average Bonchev–Trinajstić information content (AvgIpc) is 2.31. The lowest BCUT2D eigenvalue weighted by molar-refractivity contribution is -0.136. The van der Waals surface area contributed by atoms with E-state index in [2.05, 4.69) is 10.6 Å². The zero-order valence-corrected chi connectivity index (χ0v) is 9.86. The van der Waals surface area contributed by atoms with Gasteiger partial charge in [-0.1, -0.05) is 6.92 Å². The largest absolute Gasteiger partial charge is 0.508 e. The van der Waals surface area contributed by atoms with E-state index in [9.17, 15) is 9.59 Å². The van der Waals surface area contributed by atoms with Gasteiger partial charge in [0.15, 0.2) is 0 Å². The SMILES string of the molecule is CCC(C)NC(=O)C(=O)Nc1ccc(O)cc1. The van der Waals surface area contributed by atoms with Crippen molar-refractivity contribution in [3.63, 3.8) is 0 Å². The maximum atomic E-state index is 11.5. The molecule has 0 saturated carbocycles. The molecule has 2 amide bonds. The second kappa shape index (κ2) is 5.89. The highest BCUT2D eigenvalue weighted by Crippen LogP contribution is 2.13. The number of carbonyl (C=O) groups excluding carboxylic acids is 2. The van der Waals surface area contributed by atoms with Crippen LogP contribution in [-0.2, 0) is 9.59 Å². The fraction of sp³-hybridized carbons (Fsp3) is 0.333. The minimum absolute atomic E-state index is 0.0342. The predicted octanol–water partition coefficient (Wildman–Crippen LogP) is 1.25. The molecule has 0 aromatic heterocycles. The normalized spacial score (nSPS) is 11.6. The highest BCUT2D eigenvalue weighted by Gasteiger charge is 2.15. The summed E-state index contributed by atoms with van der Waals surface area (Å²) in [5, 5.41) is 14.1. The monoisotopic (exact) mass is 236 g/mol. The predicted molar refractivity (Wildman–Crippen MR) is 64.6 cm³/mol. The third-order valence-electron chi connectivity index (χ3n) is 2.32. The minimum Gasteiger partial charge on any atom is -0.508 e. The molecule has 92 valence electrons. The number of anilines is 1. The summed E-state index contributed by atoms with van der Waals surface area (Å²) in [4.78, 5) is 22.9. The molecule has 0 bridgehead atoms. The number of rotatable bonds is 3. The Labute approximate surface area is 99.8 Å². The number of benzene rings is 1. The second-order valence-corrected chi connectivity index (χ2v) is 3.78. The van der Waals surface area contributed by atoms with E-state index in [1.807, 2.05) is 13.8 Å². The average molecular weight is 236 g/mol. The molecule has 0 heterocycles. The van der Waals surface area contributed by atoms with E-state index < -0.39 is 11.8 Å². The summed E-state index contributed by atoms with van der Waals surface area (Å²) in [6.07, 6.45) is 0.762. The fourth-order valence-electron chi connectivity index (χ4n) is 1.12. The molecule has 1 rings (SSSR count). The fourth-order valence-corrected chi connectivity index (χ4v) is 1.12. The van der Waals surface area contributed by atoms with Gasteiger partial charge in [-0.2, -0.15) is 0 Å². The second-order valence-electron chi connectivity index (χ2n) is 3.78. The molecule has 0 aliphatic rings. The van der Waals surface area contributed by atoms with Gasteiger partial charge in [-0.25, -0.2) is 0 Å². The van der Waals surface area contributed by atoms with E-state index in [0.29, 0.717) is 5.69 Å². The van der Waals surface area contributed by atoms with Crippen LogP contribution >= 0.6 is 0 Å². The van der Waals surface area contributed by atoms with E-state index in [-0.39, 0.29) is 11.8 Å². The molecule has 1 atom stereocenters.